The van der Waals surface area contributed by atoms with Crippen LogP contribution in [0.15, 0.2) is 48.5 Å². The predicted molar refractivity (Wildman–Crippen MR) is 77.1 cm³/mol. The molecule has 2 rings (SSSR count). The summed E-state index contributed by atoms with van der Waals surface area (Å²) in [5, 5.41) is 10.6. The van der Waals surface area contributed by atoms with E-state index in [2.05, 4.69) is 0 Å². The van der Waals surface area contributed by atoms with Gasteiger partial charge in [-0.1, -0.05) is 6.07 Å². The zero-order chi connectivity index (χ0) is 15.1. The van der Waals surface area contributed by atoms with Crippen LogP contribution in [-0.2, 0) is 0 Å². The van der Waals surface area contributed by atoms with Crippen molar-refractivity contribution in [1.29, 1.82) is 0 Å². The number of nitro groups is 1. The second kappa shape index (κ2) is 7.14. The second-order valence-electron chi connectivity index (χ2n) is 4.13. The maximum atomic E-state index is 10.6. The molecule has 0 atom stereocenters. The summed E-state index contributed by atoms with van der Waals surface area (Å²) in [5.41, 5.74) is 0.00331. The van der Waals surface area contributed by atoms with Crippen LogP contribution in [0.25, 0.3) is 0 Å². The van der Waals surface area contributed by atoms with Gasteiger partial charge in [-0.05, 0) is 30.3 Å². The maximum absolute atomic E-state index is 10.6. The highest BCUT2D eigenvalue weighted by molar-refractivity contribution is 5.38. The molecule has 21 heavy (non-hydrogen) atoms. The van der Waals surface area contributed by atoms with Crippen molar-refractivity contribution in [2.45, 2.75) is 0 Å². The van der Waals surface area contributed by atoms with Crippen LogP contribution in [0.4, 0.5) is 5.69 Å². The molecule has 0 amide bonds. The first-order chi connectivity index (χ1) is 10.2. The van der Waals surface area contributed by atoms with Gasteiger partial charge in [0, 0.05) is 6.07 Å². The summed E-state index contributed by atoms with van der Waals surface area (Å²) < 4.78 is 15.9. The van der Waals surface area contributed by atoms with Crippen LogP contribution in [0.2, 0.25) is 0 Å². The summed E-state index contributed by atoms with van der Waals surface area (Å²) in [5.74, 6) is 1.91. The molecule has 2 aromatic carbocycles. The first-order valence-corrected chi connectivity index (χ1v) is 6.33. The third kappa shape index (κ3) is 4.38. The molecule has 6 heteroatoms. The zero-order valence-corrected chi connectivity index (χ0v) is 11.5. The summed E-state index contributed by atoms with van der Waals surface area (Å²) in [6.07, 6.45) is 0. The standard InChI is InChI=1S/C15H15NO5/c1-19-13-5-7-14(8-6-13)20-9-10-21-15-4-2-3-12(11-15)16(17)18/h2-8,11H,9-10H2,1H3. The Kier molecular flexibility index (Phi) is 4.98. The van der Waals surface area contributed by atoms with Gasteiger partial charge in [-0.15, -0.1) is 0 Å². The Morgan fingerprint density at radius 3 is 2.19 bits per heavy atom. The van der Waals surface area contributed by atoms with Crippen molar-refractivity contribution >= 4 is 5.69 Å². The van der Waals surface area contributed by atoms with Gasteiger partial charge in [-0.25, -0.2) is 0 Å². The largest absolute Gasteiger partial charge is 0.497 e. The van der Waals surface area contributed by atoms with Gasteiger partial charge in [-0.3, -0.25) is 10.1 Å². The quantitative estimate of drug-likeness (QED) is 0.445. The lowest BCUT2D eigenvalue weighted by molar-refractivity contribution is -0.384. The van der Waals surface area contributed by atoms with Gasteiger partial charge < -0.3 is 14.2 Å². The SMILES string of the molecule is COc1ccc(OCCOc2cccc([N+](=O)[O-])c2)cc1. The molecule has 0 N–H and O–H groups in total. The van der Waals surface area contributed by atoms with Gasteiger partial charge >= 0.3 is 0 Å². The number of nitrogens with zero attached hydrogens (tertiary/aromatic N) is 1. The van der Waals surface area contributed by atoms with Crippen molar-refractivity contribution in [3.05, 3.63) is 58.6 Å². The Bertz CT molecular complexity index is 597. The number of ether oxygens (including phenoxy) is 3. The van der Waals surface area contributed by atoms with Gasteiger partial charge in [0.25, 0.3) is 5.69 Å². The van der Waals surface area contributed by atoms with E-state index >= 15 is 0 Å². The highest BCUT2D eigenvalue weighted by Crippen LogP contribution is 2.19. The van der Waals surface area contributed by atoms with E-state index < -0.39 is 4.92 Å². The first-order valence-electron chi connectivity index (χ1n) is 6.33. The van der Waals surface area contributed by atoms with Crippen LogP contribution in [0.3, 0.4) is 0 Å². The van der Waals surface area contributed by atoms with Crippen LogP contribution < -0.4 is 14.2 Å². The molecule has 0 saturated heterocycles. The molecular weight excluding hydrogens is 274 g/mol. The lowest BCUT2D eigenvalue weighted by atomic mass is 10.3. The molecule has 0 aromatic heterocycles. The predicted octanol–water partition coefficient (Wildman–Crippen LogP) is 3.06. The number of rotatable bonds is 7. The maximum Gasteiger partial charge on any atom is 0.273 e. The summed E-state index contributed by atoms with van der Waals surface area (Å²) in [7, 11) is 1.60. The molecule has 0 spiro atoms. The number of nitro benzene ring substituents is 1. The van der Waals surface area contributed by atoms with E-state index in [1.807, 2.05) is 0 Å². The third-order valence-electron chi connectivity index (χ3n) is 2.71. The Morgan fingerprint density at radius 2 is 1.57 bits per heavy atom. The van der Waals surface area contributed by atoms with E-state index in [0.717, 1.165) is 5.75 Å². The molecular formula is C15H15NO5. The van der Waals surface area contributed by atoms with Crippen molar-refractivity contribution in [2.24, 2.45) is 0 Å². The molecule has 0 radical (unpaired) electrons. The Morgan fingerprint density at radius 1 is 0.952 bits per heavy atom. The molecule has 0 aliphatic carbocycles. The number of hydrogen-bond donors (Lipinski definition) is 0. The first kappa shape index (κ1) is 14.6. The highest BCUT2D eigenvalue weighted by Gasteiger charge is 2.06. The van der Waals surface area contributed by atoms with Crippen molar-refractivity contribution < 1.29 is 19.1 Å². The lowest BCUT2D eigenvalue weighted by Gasteiger charge is -2.08. The molecule has 0 bridgehead atoms. The highest BCUT2D eigenvalue weighted by atomic mass is 16.6. The Hall–Kier alpha value is -2.76. The molecule has 0 aliphatic rings. The van der Waals surface area contributed by atoms with E-state index in [9.17, 15) is 10.1 Å². The van der Waals surface area contributed by atoms with Crippen molar-refractivity contribution in [2.75, 3.05) is 20.3 Å². The third-order valence-corrected chi connectivity index (χ3v) is 2.71. The van der Waals surface area contributed by atoms with Crippen LogP contribution in [0.1, 0.15) is 0 Å². The fourth-order valence-electron chi connectivity index (χ4n) is 1.68. The number of methoxy groups -OCH3 is 1. The molecule has 110 valence electrons. The van der Waals surface area contributed by atoms with Gasteiger partial charge in [0.15, 0.2) is 0 Å². The summed E-state index contributed by atoms with van der Waals surface area (Å²) in [6, 6.07) is 13.2. The minimum Gasteiger partial charge on any atom is -0.497 e. The molecule has 0 unspecified atom stereocenters. The Balaban J connectivity index is 1.78. The van der Waals surface area contributed by atoms with Crippen LogP contribution in [0, 0.1) is 10.1 Å². The second-order valence-corrected chi connectivity index (χ2v) is 4.13. The summed E-state index contributed by atoms with van der Waals surface area (Å²) in [4.78, 5) is 10.2. The van der Waals surface area contributed by atoms with Gasteiger partial charge in [0.1, 0.15) is 30.5 Å². The minimum atomic E-state index is -0.458. The average Bonchev–Trinajstić information content (AvgIpc) is 2.52. The average molecular weight is 289 g/mol. The van der Waals surface area contributed by atoms with Crippen molar-refractivity contribution in [1.82, 2.24) is 0 Å². The zero-order valence-electron chi connectivity index (χ0n) is 11.5. The topological polar surface area (TPSA) is 70.8 Å². The summed E-state index contributed by atoms with van der Waals surface area (Å²) in [6.45, 7) is 0.641. The van der Waals surface area contributed by atoms with E-state index in [0.29, 0.717) is 24.7 Å². The van der Waals surface area contributed by atoms with Crippen LogP contribution in [0.5, 0.6) is 17.2 Å². The summed E-state index contributed by atoms with van der Waals surface area (Å²) >= 11 is 0. The van der Waals surface area contributed by atoms with E-state index in [4.69, 9.17) is 14.2 Å². The van der Waals surface area contributed by atoms with Gasteiger partial charge in [0.2, 0.25) is 0 Å². The van der Waals surface area contributed by atoms with Gasteiger partial charge in [0.05, 0.1) is 18.1 Å². The number of hydrogen-bond acceptors (Lipinski definition) is 5. The smallest absolute Gasteiger partial charge is 0.273 e. The van der Waals surface area contributed by atoms with E-state index in [1.54, 1.807) is 43.5 Å². The number of non-ortho nitro benzene ring substituents is 1. The normalized spacial score (nSPS) is 9.95. The minimum absolute atomic E-state index is 0.00331. The van der Waals surface area contributed by atoms with Crippen LogP contribution >= 0.6 is 0 Å². The molecule has 0 fully saturated rings. The molecule has 0 heterocycles. The van der Waals surface area contributed by atoms with Gasteiger partial charge in [-0.2, -0.15) is 0 Å². The fraction of sp³-hybridized carbons (Fsp3) is 0.200. The Labute approximate surface area is 122 Å². The monoisotopic (exact) mass is 289 g/mol. The van der Waals surface area contributed by atoms with E-state index in [1.165, 1.54) is 12.1 Å². The fourth-order valence-corrected chi connectivity index (χ4v) is 1.68. The van der Waals surface area contributed by atoms with Crippen molar-refractivity contribution in [3.63, 3.8) is 0 Å². The van der Waals surface area contributed by atoms with Crippen molar-refractivity contribution in [3.8, 4) is 17.2 Å². The molecule has 6 nitrogen and oxygen atoms in total. The lowest BCUT2D eigenvalue weighted by Crippen LogP contribution is -2.09. The van der Waals surface area contributed by atoms with E-state index in [-0.39, 0.29) is 5.69 Å². The molecule has 0 saturated carbocycles. The molecule has 0 aliphatic heterocycles. The van der Waals surface area contributed by atoms with Crippen LogP contribution in [-0.4, -0.2) is 25.2 Å². The number of benzene rings is 2. The molecule has 2 aromatic rings.